The van der Waals surface area contributed by atoms with Crippen LogP contribution in [0.1, 0.15) is 16.0 Å². The summed E-state index contributed by atoms with van der Waals surface area (Å²) in [7, 11) is 1.56. The first-order valence-corrected chi connectivity index (χ1v) is 10.7. The third kappa shape index (κ3) is 4.94. The number of amides is 2. The Hall–Kier alpha value is -3.72. The van der Waals surface area contributed by atoms with Gasteiger partial charge in [-0.1, -0.05) is 36.4 Å². The van der Waals surface area contributed by atoms with E-state index in [-0.39, 0.29) is 37.0 Å². The molecule has 0 saturated carbocycles. The lowest BCUT2D eigenvalue weighted by atomic mass is 10.1. The molecule has 3 N–H and O–H groups in total. The van der Waals surface area contributed by atoms with Gasteiger partial charge < -0.3 is 15.4 Å². The van der Waals surface area contributed by atoms with Gasteiger partial charge in [-0.3, -0.25) is 14.7 Å². The molecule has 0 aliphatic heterocycles. The lowest BCUT2D eigenvalue weighted by Crippen LogP contribution is -2.24. The molecule has 0 atom stereocenters. The van der Waals surface area contributed by atoms with Crippen molar-refractivity contribution < 1.29 is 18.7 Å². The van der Waals surface area contributed by atoms with Crippen LogP contribution in [0.4, 0.5) is 10.2 Å². The van der Waals surface area contributed by atoms with Crippen LogP contribution in [-0.2, 0) is 29.0 Å². The van der Waals surface area contributed by atoms with E-state index < -0.39 is 0 Å². The summed E-state index contributed by atoms with van der Waals surface area (Å²) in [5, 5.41) is 13.3. The number of fused-ring (bicyclic) bond motifs is 1. The van der Waals surface area contributed by atoms with Crippen LogP contribution in [0.25, 0.3) is 10.2 Å². The number of hydrogen-bond donors (Lipinski definition) is 3. The Labute approximate surface area is 187 Å². The minimum atomic E-state index is -0.351. The molecule has 0 spiro atoms. The van der Waals surface area contributed by atoms with Gasteiger partial charge in [0.15, 0.2) is 0 Å². The number of carbonyl (C=O) groups is 2. The van der Waals surface area contributed by atoms with Crippen molar-refractivity contribution in [3.63, 3.8) is 0 Å². The first-order valence-electron chi connectivity index (χ1n) is 9.92. The Morgan fingerprint density at radius 3 is 2.59 bits per heavy atom. The van der Waals surface area contributed by atoms with Crippen molar-refractivity contribution in [2.75, 3.05) is 12.4 Å². The van der Waals surface area contributed by atoms with Gasteiger partial charge in [-0.2, -0.15) is 5.10 Å². The van der Waals surface area contributed by atoms with E-state index >= 15 is 0 Å². The minimum absolute atomic E-state index is 0.124. The standard InChI is InChI=1S/C23H21FN4O3S/c1-31-19-9-5-3-6-14(19)10-21(30)26-22-17-11-16(32-23(17)28-27-22)12-20(29)25-13-15-7-2-4-8-18(15)24/h2-9,11H,10,12-13H2,1H3,(H,25,29)(H2,26,27,28,30). The second kappa shape index (κ2) is 9.61. The molecule has 0 bridgehead atoms. The average molecular weight is 453 g/mol. The highest BCUT2D eigenvalue weighted by atomic mass is 32.1. The summed E-state index contributed by atoms with van der Waals surface area (Å²) >= 11 is 1.36. The van der Waals surface area contributed by atoms with Crippen molar-refractivity contribution in [2.45, 2.75) is 19.4 Å². The topological polar surface area (TPSA) is 96.1 Å². The quantitative estimate of drug-likeness (QED) is 0.379. The summed E-state index contributed by atoms with van der Waals surface area (Å²) in [5.41, 5.74) is 1.21. The number of H-pyrrole nitrogens is 1. The van der Waals surface area contributed by atoms with Gasteiger partial charge in [-0.05, 0) is 18.2 Å². The van der Waals surface area contributed by atoms with E-state index in [1.54, 1.807) is 31.4 Å². The summed E-state index contributed by atoms with van der Waals surface area (Å²) in [6.45, 7) is 0.124. The summed E-state index contributed by atoms with van der Waals surface area (Å²) in [5.74, 6) is 0.347. The van der Waals surface area contributed by atoms with Crippen molar-refractivity contribution >= 4 is 39.2 Å². The van der Waals surface area contributed by atoms with Crippen molar-refractivity contribution in [2.24, 2.45) is 0 Å². The number of nitrogens with zero attached hydrogens (tertiary/aromatic N) is 1. The van der Waals surface area contributed by atoms with E-state index in [2.05, 4.69) is 20.8 Å². The van der Waals surface area contributed by atoms with Crippen molar-refractivity contribution in [3.8, 4) is 5.75 Å². The molecule has 7 nitrogen and oxygen atoms in total. The van der Waals surface area contributed by atoms with E-state index in [0.29, 0.717) is 22.0 Å². The highest BCUT2D eigenvalue weighted by Gasteiger charge is 2.16. The number of anilines is 1. The molecule has 4 rings (SSSR count). The van der Waals surface area contributed by atoms with Crippen LogP contribution in [0.15, 0.2) is 54.6 Å². The fourth-order valence-corrected chi connectivity index (χ4v) is 4.30. The highest BCUT2D eigenvalue weighted by molar-refractivity contribution is 7.18. The van der Waals surface area contributed by atoms with E-state index in [0.717, 1.165) is 15.8 Å². The van der Waals surface area contributed by atoms with E-state index in [9.17, 15) is 14.0 Å². The Morgan fingerprint density at radius 2 is 1.81 bits per heavy atom. The Balaban J connectivity index is 1.38. The number of hydrogen-bond acceptors (Lipinski definition) is 5. The number of carbonyl (C=O) groups excluding carboxylic acids is 2. The molecule has 9 heteroatoms. The zero-order valence-corrected chi connectivity index (χ0v) is 18.1. The lowest BCUT2D eigenvalue weighted by Gasteiger charge is -2.08. The molecule has 2 heterocycles. The van der Waals surface area contributed by atoms with Gasteiger partial charge >= 0.3 is 0 Å². The number of aromatic amines is 1. The maximum Gasteiger partial charge on any atom is 0.230 e. The normalized spacial score (nSPS) is 10.8. The number of thiophene rings is 1. The fraction of sp³-hybridized carbons (Fsp3) is 0.174. The first-order chi connectivity index (χ1) is 15.5. The van der Waals surface area contributed by atoms with Gasteiger partial charge in [0.2, 0.25) is 11.8 Å². The SMILES string of the molecule is COc1ccccc1CC(=O)Nc1[nH]nc2sc(CC(=O)NCc3ccccc3F)cc12. The number of methoxy groups -OCH3 is 1. The smallest absolute Gasteiger partial charge is 0.230 e. The maximum absolute atomic E-state index is 13.7. The molecular formula is C23H21FN4O3S. The molecule has 0 aliphatic rings. The summed E-state index contributed by atoms with van der Waals surface area (Å²) in [6, 6.07) is 15.5. The second-order valence-electron chi connectivity index (χ2n) is 7.11. The fourth-order valence-electron chi connectivity index (χ4n) is 3.30. The van der Waals surface area contributed by atoms with Crippen molar-refractivity contribution in [1.82, 2.24) is 15.5 Å². The number of aromatic nitrogens is 2. The van der Waals surface area contributed by atoms with Gasteiger partial charge in [0.1, 0.15) is 22.2 Å². The van der Waals surface area contributed by atoms with Crippen LogP contribution in [0, 0.1) is 5.82 Å². The minimum Gasteiger partial charge on any atom is -0.496 e. The Morgan fingerprint density at radius 1 is 1.06 bits per heavy atom. The van der Waals surface area contributed by atoms with Crippen LogP contribution in [0.2, 0.25) is 0 Å². The molecule has 2 aromatic heterocycles. The van der Waals surface area contributed by atoms with Crippen LogP contribution >= 0.6 is 11.3 Å². The van der Waals surface area contributed by atoms with Gasteiger partial charge in [-0.25, -0.2) is 4.39 Å². The monoisotopic (exact) mass is 452 g/mol. The number of para-hydroxylation sites is 1. The number of rotatable bonds is 8. The van der Waals surface area contributed by atoms with Crippen LogP contribution in [0.3, 0.4) is 0 Å². The molecule has 4 aromatic rings. The van der Waals surface area contributed by atoms with E-state index in [1.165, 1.54) is 17.4 Å². The number of nitrogens with one attached hydrogen (secondary N) is 3. The molecular weight excluding hydrogens is 431 g/mol. The molecule has 164 valence electrons. The summed E-state index contributed by atoms with van der Waals surface area (Å²) in [6.07, 6.45) is 0.296. The zero-order chi connectivity index (χ0) is 22.5. The molecule has 0 fully saturated rings. The number of benzene rings is 2. The average Bonchev–Trinajstić information content (AvgIpc) is 3.34. The van der Waals surface area contributed by atoms with Crippen LogP contribution < -0.4 is 15.4 Å². The highest BCUT2D eigenvalue weighted by Crippen LogP contribution is 2.30. The number of halogens is 1. The molecule has 2 aromatic carbocycles. The van der Waals surface area contributed by atoms with Gasteiger partial charge in [-0.15, -0.1) is 11.3 Å². The molecule has 0 aliphatic carbocycles. The molecule has 32 heavy (non-hydrogen) atoms. The maximum atomic E-state index is 13.7. The predicted molar refractivity (Wildman–Crippen MR) is 121 cm³/mol. The molecule has 2 amide bonds. The Kier molecular flexibility index (Phi) is 6.46. The summed E-state index contributed by atoms with van der Waals surface area (Å²) < 4.78 is 19.0. The van der Waals surface area contributed by atoms with Gasteiger partial charge in [0.05, 0.1) is 25.3 Å². The first kappa shape index (κ1) is 21.5. The van der Waals surface area contributed by atoms with Crippen molar-refractivity contribution in [3.05, 3.63) is 76.4 Å². The second-order valence-corrected chi connectivity index (χ2v) is 8.23. The van der Waals surface area contributed by atoms with E-state index in [1.807, 2.05) is 24.3 Å². The van der Waals surface area contributed by atoms with Crippen LogP contribution in [-0.4, -0.2) is 29.1 Å². The molecule has 0 unspecified atom stereocenters. The third-order valence-corrected chi connectivity index (χ3v) is 5.91. The largest absolute Gasteiger partial charge is 0.496 e. The predicted octanol–water partition coefficient (Wildman–Crippen LogP) is 3.81. The van der Waals surface area contributed by atoms with Crippen molar-refractivity contribution in [1.29, 1.82) is 0 Å². The molecule has 0 saturated heterocycles. The van der Waals surface area contributed by atoms with Crippen LogP contribution in [0.5, 0.6) is 5.75 Å². The van der Waals surface area contributed by atoms with Gasteiger partial charge in [0.25, 0.3) is 0 Å². The van der Waals surface area contributed by atoms with E-state index in [4.69, 9.17) is 4.74 Å². The summed E-state index contributed by atoms with van der Waals surface area (Å²) in [4.78, 5) is 26.3. The molecule has 0 radical (unpaired) electrons. The third-order valence-electron chi connectivity index (χ3n) is 4.88. The number of ether oxygens (including phenoxy) is 1. The van der Waals surface area contributed by atoms with Gasteiger partial charge in [0, 0.05) is 22.5 Å². The zero-order valence-electron chi connectivity index (χ0n) is 17.3. The lowest BCUT2D eigenvalue weighted by molar-refractivity contribution is -0.120. The Bertz CT molecular complexity index is 1270.